The molecule has 2 aromatic carbocycles. The Bertz CT molecular complexity index is 889. The van der Waals surface area contributed by atoms with E-state index in [1.54, 1.807) is 18.9 Å². The van der Waals surface area contributed by atoms with Gasteiger partial charge in [0, 0.05) is 12.5 Å². The number of hydrogen-bond acceptors (Lipinski definition) is 5. The summed E-state index contributed by atoms with van der Waals surface area (Å²) in [4.78, 5) is 0. The van der Waals surface area contributed by atoms with Crippen LogP contribution in [-0.4, -0.2) is 19.5 Å². The van der Waals surface area contributed by atoms with Gasteiger partial charge in [-0.2, -0.15) is 0 Å². The fourth-order valence-corrected chi connectivity index (χ4v) is 2.65. The van der Waals surface area contributed by atoms with Crippen LogP contribution in [0.25, 0.3) is 12.2 Å². The van der Waals surface area contributed by atoms with E-state index < -0.39 is 0 Å². The number of ether oxygens (including phenoxy) is 2. The number of aromatic nitrogens is 2. The van der Waals surface area contributed by atoms with Crippen molar-refractivity contribution >= 4 is 18.0 Å². The van der Waals surface area contributed by atoms with E-state index in [1.165, 1.54) is 0 Å². The zero-order valence-corrected chi connectivity index (χ0v) is 14.9. The first-order valence-corrected chi connectivity index (χ1v) is 8.30. The highest BCUT2D eigenvalue weighted by molar-refractivity contribution is 5.70. The summed E-state index contributed by atoms with van der Waals surface area (Å²) in [6.45, 7) is 0.630. The number of benzene rings is 2. The molecule has 6 nitrogen and oxygen atoms in total. The van der Waals surface area contributed by atoms with E-state index in [9.17, 15) is 0 Å². The second-order valence-electron chi connectivity index (χ2n) is 5.73. The van der Waals surface area contributed by atoms with Gasteiger partial charge in [-0.05, 0) is 34.0 Å². The van der Waals surface area contributed by atoms with Gasteiger partial charge in [-0.25, -0.2) is 0 Å². The van der Waals surface area contributed by atoms with E-state index >= 15 is 0 Å². The number of rotatable bonds is 7. The molecule has 0 fully saturated rings. The Morgan fingerprint density at radius 1 is 1.04 bits per heavy atom. The van der Waals surface area contributed by atoms with Gasteiger partial charge in [-0.15, -0.1) is 0 Å². The maximum atomic E-state index is 5.92. The molecule has 26 heavy (non-hydrogen) atoms. The lowest BCUT2D eigenvalue weighted by atomic mass is 10.1. The van der Waals surface area contributed by atoms with Crippen LogP contribution in [0.5, 0.6) is 11.5 Å². The predicted molar refractivity (Wildman–Crippen MR) is 99.7 cm³/mol. The van der Waals surface area contributed by atoms with E-state index in [0.29, 0.717) is 23.9 Å². The van der Waals surface area contributed by atoms with Gasteiger partial charge in [0.25, 0.3) is 5.69 Å². The number of aryl methyl sites for hydroxylation is 2. The first-order chi connectivity index (χ1) is 12.7. The Hall–Kier alpha value is -3.28. The molecule has 3 rings (SSSR count). The van der Waals surface area contributed by atoms with E-state index in [2.05, 4.69) is 5.27 Å². The van der Waals surface area contributed by atoms with E-state index in [4.69, 9.17) is 19.7 Å². The SMILES string of the molecule is COc1ccc(CC[n+]2noc(N)c2/C=C/c2ccccc2)cc1OC. The van der Waals surface area contributed by atoms with E-state index in [-0.39, 0.29) is 0 Å². The third kappa shape index (κ3) is 4.03. The smallest absolute Gasteiger partial charge is 0.301 e. The van der Waals surface area contributed by atoms with Crippen LogP contribution in [0.15, 0.2) is 53.1 Å². The van der Waals surface area contributed by atoms with Crippen molar-refractivity contribution in [2.45, 2.75) is 13.0 Å². The molecule has 0 saturated heterocycles. The molecule has 0 unspecified atom stereocenters. The second-order valence-corrected chi connectivity index (χ2v) is 5.73. The maximum Gasteiger partial charge on any atom is 0.301 e. The fourth-order valence-electron chi connectivity index (χ4n) is 2.65. The van der Waals surface area contributed by atoms with Crippen LogP contribution in [0.4, 0.5) is 5.88 Å². The predicted octanol–water partition coefficient (Wildman–Crippen LogP) is 2.97. The Kier molecular flexibility index (Phi) is 5.53. The van der Waals surface area contributed by atoms with Gasteiger partial charge in [0.05, 0.1) is 14.2 Å². The lowest BCUT2D eigenvalue weighted by Gasteiger charge is -2.08. The number of nitrogen functional groups attached to an aromatic ring is 1. The summed E-state index contributed by atoms with van der Waals surface area (Å²) >= 11 is 0. The first-order valence-electron chi connectivity index (χ1n) is 8.30. The van der Waals surface area contributed by atoms with Crippen molar-refractivity contribution < 1.29 is 18.7 Å². The van der Waals surface area contributed by atoms with Gasteiger partial charge < -0.3 is 15.2 Å². The molecular formula is C20H22N3O3+. The van der Waals surface area contributed by atoms with Crippen LogP contribution in [0.2, 0.25) is 0 Å². The summed E-state index contributed by atoms with van der Waals surface area (Å²) in [6.07, 6.45) is 4.65. The highest BCUT2D eigenvalue weighted by Crippen LogP contribution is 2.27. The zero-order valence-electron chi connectivity index (χ0n) is 14.9. The molecule has 0 spiro atoms. The molecule has 0 aliphatic heterocycles. The Morgan fingerprint density at radius 2 is 1.81 bits per heavy atom. The van der Waals surface area contributed by atoms with Crippen LogP contribution in [0.3, 0.4) is 0 Å². The molecular weight excluding hydrogens is 330 g/mol. The van der Waals surface area contributed by atoms with Crippen LogP contribution in [-0.2, 0) is 13.0 Å². The van der Waals surface area contributed by atoms with Gasteiger partial charge in [-0.1, -0.05) is 36.4 Å². The monoisotopic (exact) mass is 352 g/mol. The molecule has 3 aromatic rings. The van der Waals surface area contributed by atoms with Crippen LogP contribution < -0.4 is 19.9 Å². The van der Waals surface area contributed by atoms with Crippen molar-refractivity contribution in [2.24, 2.45) is 0 Å². The molecule has 2 N–H and O–H groups in total. The van der Waals surface area contributed by atoms with Crippen LogP contribution in [0.1, 0.15) is 16.8 Å². The molecule has 0 atom stereocenters. The molecule has 0 radical (unpaired) electrons. The van der Waals surface area contributed by atoms with Crippen molar-refractivity contribution in [1.29, 1.82) is 0 Å². The second kappa shape index (κ2) is 8.20. The molecule has 0 aliphatic carbocycles. The molecule has 0 amide bonds. The van der Waals surface area contributed by atoms with Gasteiger partial charge in [0.1, 0.15) is 0 Å². The van der Waals surface area contributed by atoms with Crippen molar-refractivity contribution in [3.63, 3.8) is 0 Å². The highest BCUT2D eigenvalue weighted by atomic mass is 16.5. The van der Waals surface area contributed by atoms with Crippen molar-refractivity contribution in [3.05, 3.63) is 65.4 Å². The normalized spacial score (nSPS) is 11.0. The maximum absolute atomic E-state index is 5.92. The van der Waals surface area contributed by atoms with Crippen LogP contribution >= 0.6 is 0 Å². The van der Waals surface area contributed by atoms with E-state index in [0.717, 1.165) is 23.2 Å². The average molecular weight is 352 g/mol. The molecule has 0 bridgehead atoms. The number of nitrogens with two attached hydrogens (primary N) is 1. The largest absolute Gasteiger partial charge is 0.493 e. The minimum Gasteiger partial charge on any atom is -0.493 e. The van der Waals surface area contributed by atoms with Crippen molar-refractivity contribution in [2.75, 3.05) is 20.0 Å². The molecule has 0 aliphatic rings. The van der Waals surface area contributed by atoms with Crippen LogP contribution in [0, 0.1) is 0 Å². The topological polar surface area (TPSA) is 74.4 Å². The standard InChI is InChI=1S/C20H22N3O3/c1-24-18-11-9-16(14-19(18)25-2)12-13-23-17(20(21)26-22-23)10-8-15-6-4-3-5-7-15/h3-11,14H,12-13,21H2,1-2H3/q+1/b10-8+. The van der Waals surface area contributed by atoms with Gasteiger partial charge in [0.15, 0.2) is 18.0 Å². The van der Waals surface area contributed by atoms with Gasteiger partial charge >= 0.3 is 5.88 Å². The minimum absolute atomic E-state index is 0.296. The number of nitrogens with zero attached hydrogens (tertiary/aromatic N) is 2. The number of hydrogen-bond donors (Lipinski definition) is 1. The Morgan fingerprint density at radius 3 is 2.54 bits per heavy atom. The summed E-state index contributed by atoms with van der Waals surface area (Å²) < 4.78 is 17.5. The van der Waals surface area contributed by atoms with Crippen molar-refractivity contribution in [3.8, 4) is 11.5 Å². The lowest BCUT2D eigenvalue weighted by Crippen LogP contribution is -2.39. The van der Waals surface area contributed by atoms with Gasteiger partial charge in [-0.3, -0.25) is 4.52 Å². The average Bonchev–Trinajstić information content (AvgIpc) is 3.04. The summed E-state index contributed by atoms with van der Waals surface area (Å²) in [5, 5.41) is 4.03. The number of anilines is 1. The summed E-state index contributed by atoms with van der Waals surface area (Å²) in [5.74, 6) is 1.71. The highest BCUT2D eigenvalue weighted by Gasteiger charge is 2.20. The fraction of sp³-hybridized carbons (Fsp3) is 0.200. The molecule has 0 saturated carbocycles. The molecule has 1 aromatic heterocycles. The minimum atomic E-state index is 0.296. The third-order valence-electron chi connectivity index (χ3n) is 4.06. The van der Waals surface area contributed by atoms with Gasteiger partial charge in [0.2, 0.25) is 5.27 Å². The third-order valence-corrected chi connectivity index (χ3v) is 4.06. The summed E-state index contributed by atoms with van der Waals surface area (Å²) in [6, 6.07) is 15.9. The van der Waals surface area contributed by atoms with Crippen molar-refractivity contribution in [1.82, 2.24) is 5.27 Å². The summed E-state index contributed by atoms with van der Waals surface area (Å²) in [5.41, 5.74) is 8.85. The molecule has 6 heteroatoms. The summed E-state index contributed by atoms with van der Waals surface area (Å²) in [7, 11) is 3.25. The lowest BCUT2D eigenvalue weighted by molar-refractivity contribution is -0.763. The number of methoxy groups -OCH3 is 2. The molecule has 1 heterocycles. The first kappa shape index (κ1) is 17.5. The Labute approximate surface area is 152 Å². The molecule has 134 valence electrons. The quantitative estimate of drug-likeness (QED) is 0.662. The van der Waals surface area contributed by atoms with E-state index in [1.807, 2.05) is 60.7 Å². The zero-order chi connectivity index (χ0) is 18.4. The Balaban J connectivity index is 1.74.